The molecule has 7 heteroatoms. The Kier molecular flexibility index (Phi) is 2.57. The quantitative estimate of drug-likeness (QED) is 0.819. The number of carboxylic acids is 1. The third kappa shape index (κ3) is 1.64. The van der Waals surface area contributed by atoms with E-state index in [4.69, 9.17) is 28.3 Å². The number of rotatable bonds is 1. The van der Waals surface area contributed by atoms with Gasteiger partial charge in [-0.15, -0.1) is 0 Å². The molecule has 0 aliphatic rings. The van der Waals surface area contributed by atoms with Crippen LogP contribution in [-0.2, 0) is 0 Å². The predicted molar refractivity (Wildman–Crippen MR) is 59.3 cm³/mol. The molecule has 0 amide bonds. The van der Waals surface area contributed by atoms with Crippen LogP contribution in [-0.4, -0.2) is 21.3 Å². The summed E-state index contributed by atoms with van der Waals surface area (Å²) in [6, 6.07) is 2.73. The molecule has 0 spiro atoms. The second kappa shape index (κ2) is 3.77. The molecule has 0 saturated heterocycles. The van der Waals surface area contributed by atoms with Crippen LogP contribution in [0.3, 0.4) is 0 Å². The molecule has 2 N–H and O–H groups in total. The number of hydrogen-bond acceptors (Lipinski definition) is 3. The van der Waals surface area contributed by atoms with E-state index in [2.05, 4.69) is 10.2 Å². The lowest BCUT2D eigenvalue weighted by molar-refractivity contribution is 0.0688. The molecule has 0 unspecified atom stereocenters. The van der Waals surface area contributed by atoms with Crippen molar-refractivity contribution in [3.8, 4) is 0 Å². The van der Waals surface area contributed by atoms with Gasteiger partial charge in [0.1, 0.15) is 0 Å². The van der Waals surface area contributed by atoms with E-state index in [1.54, 1.807) is 0 Å². The van der Waals surface area contributed by atoms with Crippen LogP contribution in [0, 0.1) is 0 Å². The summed E-state index contributed by atoms with van der Waals surface area (Å²) in [6.45, 7) is 0. The fraction of sp³-hybridized carbons (Fsp3) is 0. The third-order valence-electron chi connectivity index (χ3n) is 2.01. The zero-order valence-electron chi connectivity index (χ0n) is 7.62. The van der Waals surface area contributed by atoms with Gasteiger partial charge in [-0.2, -0.15) is 5.10 Å². The number of benzene rings is 1. The molecular weight excluding hydrogens is 255 g/mol. The summed E-state index contributed by atoms with van der Waals surface area (Å²) in [5.41, 5.74) is -0.935. The molecule has 1 aromatic carbocycles. The molecule has 0 fully saturated rings. The highest BCUT2D eigenvalue weighted by Crippen LogP contribution is 2.24. The maximum Gasteiger partial charge on any atom is 0.360 e. The maximum atomic E-state index is 11.7. The molecule has 0 aliphatic carbocycles. The lowest BCUT2D eigenvalue weighted by Crippen LogP contribution is -2.18. The standard InChI is InChI=1S/C9H4Cl2N2O3/c10-4-1-3-6(2-5(4)11)12-13-7(8(3)14)9(15)16/h1-2H,(H,12,14)(H,15,16). The number of nitrogens with zero attached hydrogens (tertiary/aromatic N) is 1. The number of halogens is 2. The zero-order chi connectivity index (χ0) is 11.9. The topological polar surface area (TPSA) is 83.0 Å². The van der Waals surface area contributed by atoms with Crippen molar-refractivity contribution in [2.45, 2.75) is 0 Å². The average molecular weight is 259 g/mol. The summed E-state index contributed by atoms with van der Waals surface area (Å²) < 4.78 is 0. The fourth-order valence-corrected chi connectivity index (χ4v) is 1.59. The van der Waals surface area contributed by atoms with Gasteiger partial charge in [0.25, 0.3) is 0 Å². The Morgan fingerprint density at radius 2 is 1.94 bits per heavy atom. The summed E-state index contributed by atoms with van der Waals surface area (Å²) in [4.78, 5) is 22.3. The maximum absolute atomic E-state index is 11.7. The number of fused-ring (bicyclic) bond motifs is 1. The highest BCUT2D eigenvalue weighted by atomic mass is 35.5. The highest BCUT2D eigenvalue weighted by Gasteiger charge is 2.14. The van der Waals surface area contributed by atoms with Crippen LogP contribution in [0.1, 0.15) is 10.5 Å². The largest absolute Gasteiger partial charge is 0.476 e. The molecular formula is C9H4Cl2N2O3. The first-order valence-corrected chi connectivity index (χ1v) is 4.87. The van der Waals surface area contributed by atoms with E-state index in [-0.39, 0.29) is 15.4 Å². The Morgan fingerprint density at radius 1 is 1.31 bits per heavy atom. The molecule has 82 valence electrons. The highest BCUT2D eigenvalue weighted by molar-refractivity contribution is 6.42. The molecule has 0 aliphatic heterocycles. The van der Waals surface area contributed by atoms with Gasteiger partial charge in [-0.25, -0.2) is 4.79 Å². The van der Waals surface area contributed by atoms with E-state index >= 15 is 0 Å². The van der Waals surface area contributed by atoms with Crippen molar-refractivity contribution in [1.82, 2.24) is 10.2 Å². The van der Waals surface area contributed by atoms with Gasteiger partial charge in [-0.1, -0.05) is 23.2 Å². The lowest BCUT2D eigenvalue weighted by atomic mass is 10.2. The minimum atomic E-state index is -1.39. The summed E-state index contributed by atoms with van der Waals surface area (Å²) in [6.07, 6.45) is 0. The van der Waals surface area contributed by atoms with Crippen molar-refractivity contribution in [2.75, 3.05) is 0 Å². The first-order valence-electron chi connectivity index (χ1n) is 4.11. The molecule has 0 atom stereocenters. The first kappa shape index (κ1) is 10.9. The van der Waals surface area contributed by atoms with Gasteiger partial charge in [0, 0.05) is 0 Å². The number of aromatic amines is 1. The number of hydrogen-bond donors (Lipinski definition) is 2. The van der Waals surface area contributed by atoms with Gasteiger partial charge in [0.05, 0.1) is 20.9 Å². The Morgan fingerprint density at radius 3 is 2.56 bits per heavy atom. The van der Waals surface area contributed by atoms with Crippen LogP contribution < -0.4 is 5.43 Å². The minimum Gasteiger partial charge on any atom is -0.476 e. The van der Waals surface area contributed by atoms with E-state index in [1.807, 2.05) is 0 Å². The summed E-state index contributed by atoms with van der Waals surface area (Å²) in [7, 11) is 0. The Labute approximate surface area is 98.6 Å². The number of aromatic carboxylic acids is 1. The second-order valence-corrected chi connectivity index (χ2v) is 3.83. The second-order valence-electron chi connectivity index (χ2n) is 3.02. The zero-order valence-corrected chi connectivity index (χ0v) is 9.13. The minimum absolute atomic E-state index is 0.141. The van der Waals surface area contributed by atoms with Gasteiger partial charge in [0.2, 0.25) is 11.1 Å². The average Bonchev–Trinajstić information content (AvgIpc) is 2.21. The Hall–Kier alpha value is -1.59. The molecule has 5 nitrogen and oxygen atoms in total. The van der Waals surface area contributed by atoms with Crippen molar-refractivity contribution in [2.24, 2.45) is 0 Å². The Bertz CT molecular complexity index is 651. The fourth-order valence-electron chi connectivity index (χ4n) is 1.27. The summed E-state index contributed by atoms with van der Waals surface area (Å²) >= 11 is 11.5. The van der Waals surface area contributed by atoms with Gasteiger partial charge in [-0.05, 0) is 12.1 Å². The predicted octanol–water partition coefficient (Wildman–Crippen LogP) is 1.93. The van der Waals surface area contributed by atoms with Crippen LogP contribution >= 0.6 is 23.2 Å². The molecule has 1 aromatic heterocycles. The van der Waals surface area contributed by atoms with Crippen LogP contribution in [0.15, 0.2) is 16.9 Å². The van der Waals surface area contributed by atoms with E-state index in [0.29, 0.717) is 5.52 Å². The number of carboxylic acid groups (broad SMARTS) is 1. The van der Waals surface area contributed by atoms with Gasteiger partial charge in [0.15, 0.2) is 0 Å². The van der Waals surface area contributed by atoms with Gasteiger partial charge < -0.3 is 5.11 Å². The number of H-pyrrole nitrogens is 1. The van der Waals surface area contributed by atoms with Crippen molar-refractivity contribution in [3.63, 3.8) is 0 Å². The van der Waals surface area contributed by atoms with E-state index in [9.17, 15) is 9.59 Å². The molecule has 0 bridgehead atoms. The third-order valence-corrected chi connectivity index (χ3v) is 2.73. The molecule has 2 rings (SSSR count). The smallest absolute Gasteiger partial charge is 0.360 e. The van der Waals surface area contributed by atoms with Gasteiger partial charge >= 0.3 is 5.97 Å². The van der Waals surface area contributed by atoms with Crippen molar-refractivity contribution >= 4 is 40.1 Å². The van der Waals surface area contributed by atoms with E-state index in [0.717, 1.165) is 0 Å². The van der Waals surface area contributed by atoms with E-state index < -0.39 is 17.1 Å². The number of aromatic nitrogens is 2. The molecule has 1 heterocycles. The van der Waals surface area contributed by atoms with Crippen molar-refractivity contribution in [1.29, 1.82) is 0 Å². The van der Waals surface area contributed by atoms with Crippen LogP contribution in [0.4, 0.5) is 0 Å². The monoisotopic (exact) mass is 258 g/mol. The van der Waals surface area contributed by atoms with Gasteiger partial charge in [-0.3, -0.25) is 9.89 Å². The Balaban J connectivity index is 2.90. The molecule has 0 radical (unpaired) electrons. The van der Waals surface area contributed by atoms with Crippen LogP contribution in [0.2, 0.25) is 10.0 Å². The summed E-state index contributed by atoms with van der Waals surface area (Å²) in [5, 5.41) is 15.2. The van der Waals surface area contributed by atoms with E-state index in [1.165, 1.54) is 12.1 Å². The van der Waals surface area contributed by atoms with Crippen LogP contribution in [0.5, 0.6) is 0 Å². The molecule has 2 aromatic rings. The first-order chi connectivity index (χ1) is 7.50. The van der Waals surface area contributed by atoms with Crippen LogP contribution in [0.25, 0.3) is 10.9 Å². The summed E-state index contributed by atoms with van der Waals surface area (Å²) in [5.74, 6) is -1.39. The normalized spacial score (nSPS) is 10.6. The van der Waals surface area contributed by atoms with Crippen molar-refractivity contribution < 1.29 is 9.90 Å². The number of nitrogens with one attached hydrogen (secondary N) is 1. The van der Waals surface area contributed by atoms with Crippen molar-refractivity contribution in [3.05, 3.63) is 38.1 Å². The SMILES string of the molecule is O=C(O)c1n[nH]c2cc(Cl)c(Cl)cc2c1=O. The lowest BCUT2D eigenvalue weighted by Gasteiger charge is -2.01. The molecule has 0 saturated carbocycles. The molecule has 16 heavy (non-hydrogen) atoms. The number of carbonyl (C=O) groups is 1.